The van der Waals surface area contributed by atoms with E-state index in [-0.39, 0.29) is 0 Å². The lowest BCUT2D eigenvalue weighted by Crippen LogP contribution is -2.37. The Morgan fingerprint density at radius 2 is 2.26 bits per heavy atom. The number of nitrogens with zero attached hydrogens (tertiary/aromatic N) is 4. The molecule has 0 bridgehead atoms. The van der Waals surface area contributed by atoms with Gasteiger partial charge in [-0.3, -0.25) is 4.90 Å². The van der Waals surface area contributed by atoms with Gasteiger partial charge in [0, 0.05) is 24.3 Å². The van der Waals surface area contributed by atoms with E-state index in [1.807, 2.05) is 13.0 Å². The zero-order valence-electron chi connectivity index (χ0n) is 12.1. The number of rotatable bonds is 5. The van der Waals surface area contributed by atoms with Gasteiger partial charge < -0.3 is 10.3 Å². The summed E-state index contributed by atoms with van der Waals surface area (Å²) in [5.41, 5.74) is 3.54. The van der Waals surface area contributed by atoms with Crippen LogP contribution < -0.4 is 11.3 Å². The maximum absolute atomic E-state index is 5.43. The van der Waals surface area contributed by atoms with E-state index in [9.17, 15) is 0 Å². The summed E-state index contributed by atoms with van der Waals surface area (Å²) in [6.45, 7) is 4.98. The fraction of sp³-hybridized carbons (Fsp3) is 0.692. The normalized spacial score (nSPS) is 20.2. The number of hydrogen-bond acceptors (Lipinski definition) is 6. The largest absolute Gasteiger partial charge is 0.308 e. The molecule has 0 aliphatic carbocycles. The van der Waals surface area contributed by atoms with Gasteiger partial charge in [-0.1, -0.05) is 0 Å². The first kappa shape index (κ1) is 14.2. The summed E-state index contributed by atoms with van der Waals surface area (Å²) < 4.78 is 0. The van der Waals surface area contributed by atoms with Crippen molar-refractivity contribution < 1.29 is 0 Å². The van der Waals surface area contributed by atoms with Crippen LogP contribution in [0.2, 0.25) is 0 Å². The monoisotopic (exact) mass is 264 g/mol. The number of aryl methyl sites for hydroxylation is 1. The van der Waals surface area contributed by atoms with Gasteiger partial charge in [-0.25, -0.2) is 15.8 Å². The lowest BCUT2D eigenvalue weighted by Gasteiger charge is -2.26. The summed E-state index contributed by atoms with van der Waals surface area (Å²) in [6, 6.07) is 2.46. The highest BCUT2D eigenvalue weighted by Gasteiger charge is 2.25. The third kappa shape index (κ3) is 3.86. The Morgan fingerprint density at radius 1 is 1.47 bits per heavy atom. The second kappa shape index (κ2) is 6.27. The second-order valence-electron chi connectivity index (χ2n) is 5.48. The number of hydrogen-bond donors (Lipinski definition) is 2. The first-order valence-corrected chi connectivity index (χ1v) is 6.78. The van der Waals surface area contributed by atoms with E-state index in [0.29, 0.717) is 11.9 Å². The van der Waals surface area contributed by atoms with Gasteiger partial charge in [-0.15, -0.1) is 0 Å². The van der Waals surface area contributed by atoms with E-state index >= 15 is 0 Å². The van der Waals surface area contributed by atoms with Crippen molar-refractivity contribution in [1.29, 1.82) is 0 Å². The van der Waals surface area contributed by atoms with Crippen molar-refractivity contribution in [1.82, 2.24) is 19.8 Å². The van der Waals surface area contributed by atoms with Crippen LogP contribution in [0.4, 0.5) is 5.82 Å². The number of nitrogen functional groups attached to an aromatic ring is 1. The van der Waals surface area contributed by atoms with Gasteiger partial charge in [0.25, 0.3) is 0 Å². The molecule has 0 spiro atoms. The van der Waals surface area contributed by atoms with Crippen LogP contribution in [-0.2, 0) is 6.54 Å². The summed E-state index contributed by atoms with van der Waals surface area (Å²) in [7, 11) is 4.24. The highest BCUT2D eigenvalue weighted by Crippen LogP contribution is 2.20. The molecule has 1 aromatic heterocycles. The Kier molecular flexibility index (Phi) is 4.68. The molecule has 3 N–H and O–H groups in total. The van der Waals surface area contributed by atoms with Crippen molar-refractivity contribution in [3.63, 3.8) is 0 Å². The first-order chi connectivity index (χ1) is 9.08. The van der Waals surface area contributed by atoms with Crippen molar-refractivity contribution in [3.05, 3.63) is 17.6 Å². The van der Waals surface area contributed by atoms with Gasteiger partial charge in [0.15, 0.2) is 0 Å². The molecule has 1 fully saturated rings. The van der Waals surface area contributed by atoms with Crippen molar-refractivity contribution in [2.24, 2.45) is 5.84 Å². The predicted octanol–water partition coefficient (Wildman–Crippen LogP) is 0.597. The van der Waals surface area contributed by atoms with Crippen LogP contribution in [-0.4, -0.2) is 53.0 Å². The molecule has 1 unspecified atom stereocenters. The van der Waals surface area contributed by atoms with Crippen molar-refractivity contribution in [2.75, 3.05) is 32.6 Å². The number of likely N-dealkylation sites (N-methyl/N-ethyl adjacent to an activating group) is 1. The summed E-state index contributed by atoms with van der Waals surface area (Å²) in [5, 5.41) is 0. The summed E-state index contributed by atoms with van der Waals surface area (Å²) in [6.07, 6.45) is 2.51. The molecular formula is C13H24N6. The van der Waals surface area contributed by atoms with Gasteiger partial charge in [0.2, 0.25) is 0 Å². The number of anilines is 1. The van der Waals surface area contributed by atoms with Crippen molar-refractivity contribution in [3.8, 4) is 0 Å². The van der Waals surface area contributed by atoms with Crippen molar-refractivity contribution in [2.45, 2.75) is 32.4 Å². The number of nitrogens with two attached hydrogens (primary N) is 1. The lowest BCUT2D eigenvalue weighted by atomic mass is 10.2. The molecular weight excluding hydrogens is 240 g/mol. The molecule has 0 aromatic carbocycles. The Morgan fingerprint density at radius 3 is 2.95 bits per heavy atom. The molecule has 1 aliphatic rings. The molecule has 2 heterocycles. The third-order valence-corrected chi connectivity index (χ3v) is 3.47. The Hall–Kier alpha value is -1.24. The van der Waals surface area contributed by atoms with Crippen LogP contribution in [0.1, 0.15) is 24.4 Å². The minimum atomic E-state index is 0.605. The standard InChI is InChI=1S/C13H24N6/c1-10-7-12(17-14)16-13(15-10)9-19-6-4-5-11(19)8-18(2)3/h7,11H,4-6,8-9,14H2,1-3H3,(H,15,16,17). The van der Waals surface area contributed by atoms with Gasteiger partial charge in [0.1, 0.15) is 11.6 Å². The van der Waals surface area contributed by atoms with Crippen LogP contribution in [0.5, 0.6) is 0 Å². The number of aromatic nitrogens is 2. The summed E-state index contributed by atoms with van der Waals surface area (Å²) in [5.74, 6) is 6.96. The third-order valence-electron chi connectivity index (χ3n) is 3.47. The quantitative estimate of drug-likeness (QED) is 0.599. The van der Waals surface area contributed by atoms with Gasteiger partial charge >= 0.3 is 0 Å². The van der Waals surface area contributed by atoms with Gasteiger partial charge in [-0.2, -0.15) is 0 Å². The molecule has 2 rings (SSSR count). The Labute approximate surface area is 115 Å². The molecule has 19 heavy (non-hydrogen) atoms. The molecule has 1 saturated heterocycles. The van der Waals surface area contributed by atoms with Crippen LogP contribution >= 0.6 is 0 Å². The topological polar surface area (TPSA) is 70.3 Å². The minimum absolute atomic E-state index is 0.605. The molecule has 0 saturated carbocycles. The maximum Gasteiger partial charge on any atom is 0.145 e. The Balaban J connectivity index is 2.05. The van der Waals surface area contributed by atoms with Crippen LogP contribution in [0.3, 0.4) is 0 Å². The molecule has 6 heteroatoms. The molecule has 6 nitrogen and oxygen atoms in total. The molecule has 1 aliphatic heterocycles. The van der Waals surface area contributed by atoms with E-state index in [1.165, 1.54) is 12.8 Å². The molecule has 106 valence electrons. The highest BCUT2D eigenvalue weighted by molar-refractivity contribution is 5.33. The van der Waals surface area contributed by atoms with E-state index in [0.717, 1.165) is 31.2 Å². The van der Waals surface area contributed by atoms with Gasteiger partial charge in [0.05, 0.1) is 6.54 Å². The fourth-order valence-electron chi connectivity index (χ4n) is 2.69. The van der Waals surface area contributed by atoms with Crippen molar-refractivity contribution >= 4 is 5.82 Å². The molecule has 1 aromatic rings. The smallest absolute Gasteiger partial charge is 0.145 e. The SMILES string of the molecule is Cc1cc(NN)nc(CN2CCCC2CN(C)C)n1. The molecule has 1 atom stereocenters. The van der Waals surface area contributed by atoms with Crippen LogP contribution in [0.25, 0.3) is 0 Å². The zero-order valence-corrected chi connectivity index (χ0v) is 12.1. The van der Waals surface area contributed by atoms with Gasteiger partial charge in [-0.05, 0) is 40.4 Å². The average molecular weight is 264 g/mol. The Bertz CT molecular complexity index is 420. The summed E-state index contributed by atoms with van der Waals surface area (Å²) >= 11 is 0. The fourth-order valence-corrected chi connectivity index (χ4v) is 2.69. The average Bonchev–Trinajstić information content (AvgIpc) is 2.75. The first-order valence-electron chi connectivity index (χ1n) is 6.78. The van der Waals surface area contributed by atoms with E-state index in [2.05, 4.69) is 39.3 Å². The highest BCUT2D eigenvalue weighted by atomic mass is 15.3. The predicted molar refractivity (Wildman–Crippen MR) is 76.6 cm³/mol. The molecule has 0 amide bonds. The van der Waals surface area contributed by atoms with E-state index in [1.54, 1.807) is 0 Å². The van der Waals surface area contributed by atoms with E-state index in [4.69, 9.17) is 5.84 Å². The van der Waals surface area contributed by atoms with Crippen LogP contribution in [0.15, 0.2) is 6.07 Å². The molecule has 0 radical (unpaired) electrons. The van der Waals surface area contributed by atoms with Crippen LogP contribution in [0, 0.1) is 6.92 Å². The number of hydrazine groups is 1. The number of nitrogens with one attached hydrogen (secondary N) is 1. The van der Waals surface area contributed by atoms with E-state index < -0.39 is 0 Å². The zero-order chi connectivity index (χ0) is 13.8. The summed E-state index contributed by atoms with van der Waals surface area (Å²) in [4.78, 5) is 13.6. The lowest BCUT2D eigenvalue weighted by molar-refractivity contribution is 0.197. The maximum atomic E-state index is 5.43. The minimum Gasteiger partial charge on any atom is -0.308 e. The number of likely N-dealkylation sites (tertiary alicyclic amines) is 1. The second-order valence-corrected chi connectivity index (χ2v) is 5.48.